The van der Waals surface area contributed by atoms with Crippen molar-refractivity contribution in [3.63, 3.8) is 0 Å². The molecule has 0 fully saturated rings. The largest absolute Gasteiger partial charge is 0.299 e. The van der Waals surface area contributed by atoms with Crippen LogP contribution in [0.2, 0.25) is 0 Å². The first-order valence-electron chi connectivity index (χ1n) is 4.24. The predicted molar refractivity (Wildman–Crippen MR) is 56.8 cm³/mol. The van der Waals surface area contributed by atoms with E-state index in [1.54, 1.807) is 6.21 Å². The van der Waals surface area contributed by atoms with Gasteiger partial charge < -0.3 is 0 Å². The van der Waals surface area contributed by atoms with Gasteiger partial charge in [0.05, 0.1) is 18.1 Å². The maximum absolute atomic E-state index is 7.49. The van der Waals surface area contributed by atoms with Crippen molar-refractivity contribution in [2.75, 3.05) is 0 Å². The normalized spacial score (nSPS) is 19.6. The molecule has 0 unspecified atom stereocenters. The van der Waals surface area contributed by atoms with Gasteiger partial charge in [-0.05, 0) is 5.92 Å². The van der Waals surface area contributed by atoms with Gasteiger partial charge in [-0.3, -0.25) is 5.41 Å². The van der Waals surface area contributed by atoms with E-state index >= 15 is 0 Å². The molecule has 0 aromatic heterocycles. The van der Waals surface area contributed by atoms with Gasteiger partial charge in [-0.15, -0.1) is 0 Å². The molecule has 3 nitrogen and oxygen atoms in total. The summed E-state index contributed by atoms with van der Waals surface area (Å²) in [7, 11) is 0. The third-order valence-electron chi connectivity index (χ3n) is 1.53. The van der Waals surface area contributed by atoms with E-state index in [1.807, 2.05) is 12.2 Å². The van der Waals surface area contributed by atoms with Gasteiger partial charge in [0.15, 0.2) is 0 Å². The molecule has 0 atom stereocenters. The van der Waals surface area contributed by atoms with Crippen LogP contribution in [0.4, 0.5) is 0 Å². The number of rotatable bonds is 2. The van der Waals surface area contributed by atoms with Crippen LogP contribution in [0.1, 0.15) is 13.8 Å². The van der Waals surface area contributed by atoms with Crippen LogP contribution < -0.4 is 0 Å². The lowest BCUT2D eigenvalue weighted by molar-refractivity contribution is 0.832. The topological polar surface area (TPSA) is 48.6 Å². The summed E-state index contributed by atoms with van der Waals surface area (Å²) in [6, 6.07) is 0. The Hall–Kier alpha value is -1.51. The molecule has 1 aliphatic heterocycles. The Morgan fingerprint density at radius 1 is 1.31 bits per heavy atom. The van der Waals surface area contributed by atoms with Crippen molar-refractivity contribution < 1.29 is 0 Å². The second-order valence-corrected chi connectivity index (χ2v) is 3.15. The average Bonchev–Trinajstić information content (AvgIpc) is 2.08. The van der Waals surface area contributed by atoms with E-state index in [4.69, 9.17) is 5.41 Å². The summed E-state index contributed by atoms with van der Waals surface area (Å²) in [6.45, 7) is 4.22. The molecule has 0 aromatic rings. The van der Waals surface area contributed by atoms with Crippen LogP contribution in [0.15, 0.2) is 34.0 Å². The zero-order valence-electron chi connectivity index (χ0n) is 7.86. The smallest absolute Gasteiger partial charge is 0.0829 e. The standard InChI is InChI=1S/C10H13N3/c1-8(2)4-3-5-9-6-12-13-7-10(9)11/h3-8,11H,1-2H3/b4-3-,9-5-,11-10?. The van der Waals surface area contributed by atoms with E-state index in [9.17, 15) is 0 Å². The maximum atomic E-state index is 7.49. The lowest BCUT2D eigenvalue weighted by Crippen LogP contribution is -2.06. The summed E-state index contributed by atoms with van der Waals surface area (Å²) < 4.78 is 0. The molecule has 0 saturated carbocycles. The Balaban J connectivity index is 2.67. The Labute approximate surface area is 78.1 Å². The van der Waals surface area contributed by atoms with Crippen LogP contribution in [0.25, 0.3) is 0 Å². The first kappa shape index (κ1) is 9.58. The minimum absolute atomic E-state index is 0.406. The van der Waals surface area contributed by atoms with Crippen LogP contribution in [0.5, 0.6) is 0 Å². The third-order valence-corrected chi connectivity index (χ3v) is 1.53. The SMILES string of the molecule is CC(C)/C=C\C=C1\C=NN=CC1=N. The molecular weight excluding hydrogens is 162 g/mol. The third kappa shape index (κ3) is 3.15. The molecule has 1 heterocycles. The Kier molecular flexibility index (Phi) is 3.31. The zero-order chi connectivity index (χ0) is 9.68. The quantitative estimate of drug-likeness (QED) is 0.669. The highest BCUT2D eigenvalue weighted by Gasteiger charge is 2.01. The molecule has 3 heteroatoms. The van der Waals surface area contributed by atoms with E-state index in [0.29, 0.717) is 11.6 Å². The van der Waals surface area contributed by atoms with Gasteiger partial charge >= 0.3 is 0 Å². The van der Waals surface area contributed by atoms with E-state index in [-0.39, 0.29) is 0 Å². The lowest BCUT2D eigenvalue weighted by atomic mass is 10.1. The summed E-state index contributed by atoms with van der Waals surface area (Å²) in [5.74, 6) is 0.528. The fourth-order valence-corrected chi connectivity index (χ4v) is 0.845. The van der Waals surface area contributed by atoms with Gasteiger partial charge in [0.1, 0.15) is 0 Å². The molecule has 1 rings (SSSR count). The van der Waals surface area contributed by atoms with Gasteiger partial charge in [-0.2, -0.15) is 10.2 Å². The second kappa shape index (κ2) is 4.50. The van der Waals surface area contributed by atoms with Gasteiger partial charge in [-0.25, -0.2) is 0 Å². The molecule has 0 bridgehead atoms. The molecule has 0 saturated heterocycles. The lowest BCUT2D eigenvalue weighted by Gasteiger charge is -1.99. The highest BCUT2D eigenvalue weighted by Crippen LogP contribution is 2.00. The van der Waals surface area contributed by atoms with E-state index in [2.05, 4.69) is 30.1 Å². The fourth-order valence-electron chi connectivity index (χ4n) is 0.845. The number of hydrogen-bond donors (Lipinski definition) is 1. The molecule has 0 aromatic carbocycles. The monoisotopic (exact) mass is 175 g/mol. The minimum Gasteiger partial charge on any atom is -0.299 e. The molecule has 0 amide bonds. The summed E-state index contributed by atoms with van der Waals surface area (Å²) in [6.07, 6.45) is 8.92. The number of allylic oxidation sites excluding steroid dienone is 4. The Morgan fingerprint density at radius 3 is 2.62 bits per heavy atom. The number of nitrogens with one attached hydrogen (secondary N) is 1. The van der Waals surface area contributed by atoms with Crippen molar-refractivity contribution in [1.29, 1.82) is 5.41 Å². The summed E-state index contributed by atoms with van der Waals surface area (Å²) in [5, 5.41) is 14.8. The minimum atomic E-state index is 0.406. The number of hydrogen-bond acceptors (Lipinski definition) is 3. The molecule has 68 valence electrons. The van der Waals surface area contributed by atoms with E-state index < -0.39 is 0 Å². The van der Waals surface area contributed by atoms with Gasteiger partial charge in [0, 0.05) is 5.57 Å². The summed E-state index contributed by atoms with van der Waals surface area (Å²) in [4.78, 5) is 0. The predicted octanol–water partition coefficient (Wildman–Crippen LogP) is 2.21. The van der Waals surface area contributed by atoms with E-state index in [1.165, 1.54) is 6.21 Å². The van der Waals surface area contributed by atoms with Crippen molar-refractivity contribution in [3.8, 4) is 0 Å². The molecule has 0 spiro atoms. The number of nitrogens with zero attached hydrogens (tertiary/aromatic N) is 2. The van der Waals surface area contributed by atoms with E-state index in [0.717, 1.165) is 5.57 Å². The van der Waals surface area contributed by atoms with Crippen LogP contribution >= 0.6 is 0 Å². The first-order chi connectivity index (χ1) is 6.20. The first-order valence-corrected chi connectivity index (χ1v) is 4.24. The maximum Gasteiger partial charge on any atom is 0.0829 e. The van der Waals surface area contributed by atoms with Crippen molar-refractivity contribution >= 4 is 18.1 Å². The highest BCUT2D eigenvalue weighted by molar-refractivity contribution is 6.43. The van der Waals surface area contributed by atoms with Crippen LogP contribution in [-0.2, 0) is 0 Å². The molecule has 13 heavy (non-hydrogen) atoms. The van der Waals surface area contributed by atoms with Crippen molar-refractivity contribution in [2.24, 2.45) is 16.1 Å². The molecule has 1 N–H and O–H groups in total. The highest BCUT2D eigenvalue weighted by atomic mass is 15.2. The van der Waals surface area contributed by atoms with Crippen LogP contribution in [0, 0.1) is 11.3 Å². The molecular formula is C10H13N3. The van der Waals surface area contributed by atoms with Gasteiger partial charge in [0.25, 0.3) is 0 Å². The Morgan fingerprint density at radius 2 is 2.00 bits per heavy atom. The van der Waals surface area contributed by atoms with Gasteiger partial charge in [0.2, 0.25) is 0 Å². The van der Waals surface area contributed by atoms with Crippen molar-refractivity contribution in [3.05, 3.63) is 23.8 Å². The average molecular weight is 175 g/mol. The fraction of sp³-hybridized carbons (Fsp3) is 0.300. The molecule has 0 radical (unpaired) electrons. The zero-order valence-corrected chi connectivity index (χ0v) is 7.86. The molecule has 1 aliphatic rings. The van der Waals surface area contributed by atoms with Crippen LogP contribution in [0.3, 0.4) is 0 Å². The van der Waals surface area contributed by atoms with Crippen molar-refractivity contribution in [2.45, 2.75) is 13.8 Å². The summed E-state index contributed by atoms with van der Waals surface area (Å²) in [5.41, 5.74) is 1.20. The van der Waals surface area contributed by atoms with Crippen molar-refractivity contribution in [1.82, 2.24) is 0 Å². The molecule has 0 aliphatic carbocycles. The summed E-state index contributed by atoms with van der Waals surface area (Å²) >= 11 is 0. The van der Waals surface area contributed by atoms with Crippen LogP contribution in [-0.4, -0.2) is 18.1 Å². The Bertz CT molecular complexity index is 306. The second-order valence-electron chi connectivity index (χ2n) is 3.15. The van der Waals surface area contributed by atoms with Gasteiger partial charge in [-0.1, -0.05) is 32.1 Å².